The summed E-state index contributed by atoms with van der Waals surface area (Å²) >= 11 is 0. The molecule has 7 nitrogen and oxygen atoms in total. The highest BCUT2D eigenvalue weighted by atomic mass is 32.2. The minimum absolute atomic E-state index is 0.0169. The number of benzene rings is 3. The standard InChI is InChI=1S/C23H23N3O4S/c24-31(28,29)21-13-11-19(12-14-21)16-25-23(27)22(15-18-7-3-1-4-8-18)26-30-17-20-9-5-2-6-10-20/h1-14H,15-17H2,(H,25,27)(H2,24,28,29)/b26-22+. The molecule has 0 unspecified atom stereocenters. The zero-order valence-corrected chi connectivity index (χ0v) is 17.6. The first-order valence-corrected chi connectivity index (χ1v) is 11.1. The van der Waals surface area contributed by atoms with Crippen molar-refractivity contribution in [3.05, 3.63) is 102 Å². The SMILES string of the molecule is NS(=O)(=O)c1ccc(CNC(=O)/C(Cc2ccccc2)=N/OCc2ccccc2)cc1. The zero-order chi connectivity index (χ0) is 22.1. The molecule has 0 bridgehead atoms. The molecule has 3 aromatic rings. The van der Waals surface area contributed by atoms with Gasteiger partial charge >= 0.3 is 0 Å². The zero-order valence-electron chi connectivity index (χ0n) is 16.8. The van der Waals surface area contributed by atoms with Crippen molar-refractivity contribution in [2.75, 3.05) is 0 Å². The van der Waals surface area contributed by atoms with Gasteiger partial charge in [-0.25, -0.2) is 13.6 Å². The molecule has 31 heavy (non-hydrogen) atoms. The van der Waals surface area contributed by atoms with E-state index in [-0.39, 0.29) is 29.7 Å². The highest BCUT2D eigenvalue weighted by Crippen LogP contribution is 2.09. The van der Waals surface area contributed by atoms with E-state index in [4.69, 9.17) is 9.98 Å². The number of nitrogens with two attached hydrogens (primary N) is 1. The Hall–Kier alpha value is -3.49. The van der Waals surface area contributed by atoms with Gasteiger partial charge in [-0.1, -0.05) is 78.0 Å². The summed E-state index contributed by atoms with van der Waals surface area (Å²) in [7, 11) is -3.76. The largest absolute Gasteiger partial charge is 0.391 e. The van der Waals surface area contributed by atoms with Crippen LogP contribution in [0.5, 0.6) is 0 Å². The monoisotopic (exact) mass is 437 g/mol. The van der Waals surface area contributed by atoms with Crippen molar-refractivity contribution in [2.45, 2.75) is 24.5 Å². The average molecular weight is 438 g/mol. The normalized spacial score (nSPS) is 11.7. The Morgan fingerprint density at radius 2 is 1.42 bits per heavy atom. The van der Waals surface area contributed by atoms with Gasteiger partial charge in [-0.15, -0.1) is 0 Å². The van der Waals surface area contributed by atoms with Crippen molar-refractivity contribution >= 4 is 21.6 Å². The summed E-state index contributed by atoms with van der Waals surface area (Å²) < 4.78 is 22.7. The van der Waals surface area contributed by atoms with Gasteiger partial charge in [0.25, 0.3) is 5.91 Å². The molecule has 0 saturated carbocycles. The number of sulfonamides is 1. The van der Waals surface area contributed by atoms with Gasteiger partial charge in [0.1, 0.15) is 12.3 Å². The summed E-state index contributed by atoms with van der Waals surface area (Å²) in [5.41, 5.74) is 2.84. The van der Waals surface area contributed by atoms with Gasteiger partial charge in [0.15, 0.2) is 0 Å². The molecule has 0 heterocycles. The maximum Gasteiger partial charge on any atom is 0.269 e. The molecule has 0 aliphatic rings. The lowest BCUT2D eigenvalue weighted by atomic mass is 10.1. The minimum atomic E-state index is -3.76. The molecule has 8 heteroatoms. The van der Waals surface area contributed by atoms with Gasteiger partial charge in [0.2, 0.25) is 10.0 Å². The first kappa shape index (κ1) is 22.2. The lowest BCUT2D eigenvalue weighted by molar-refractivity contribution is -0.115. The van der Waals surface area contributed by atoms with Crippen molar-refractivity contribution in [3.8, 4) is 0 Å². The number of hydrogen-bond acceptors (Lipinski definition) is 5. The molecule has 160 valence electrons. The van der Waals surface area contributed by atoms with Crippen LogP contribution in [0.15, 0.2) is 95.0 Å². The van der Waals surface area contributed by atoms with Crippen LogP contribution in [0.4, 0.5) is 0 Å². The Bertz CT molecular complexity index is 1130. The topological polar surface area (TPSA) is 111 Å². The van der Waals surface area contributed by atoms with E-state index in [0.717, 1.165) is 16.7 Å². The molecular formula is C23H23N3O4S. The molecule has 1 amide bonds. The summed E-state index contributed by atoms with van der Waals surface area (Å²) in [6, 6.07) is 25.0. The second kappa shape index (κ2) is 10.5. The van der Waals surface area contributed by atoms with E-state index in [2.05, 4.69) is 10.5 Å². The maximum absolute atomic E-state index is 12.8. The van der Waals surface area contributed by atoms with Gasteiger partial charge in [-0.3, -0.25) is 4.79 Å². The molecule has 3 aromatic carbocycles. The third kappa shape index (κ3) is 7.06. The van der Waals surface area contributed by atoms with E-state index < -0.39 is 10.0 Å². The average Bonchev–Trinajstić information content (AvgIpc) is 2.78. The van der Waals surface area contributed by atoms with E-state index in [9.17, 15) is 13.2 Å². The first-order valence-electron chi connectivity index (χ1n) is 9.58. The molecular weight excluding hydrogens is 414 g/mol. The number of nitrogens with zero attached hydrogens (tertiary/aromatic N) is 1. The maximum atomic E-state index is 12.8. The smallest absolute Gasteiger partial charge is 0.269 e. The first-order chi connectivity index (χ1) is 14.9. The van der Waals surface area contributed by atoms with Gasteiger partial charge in [0.05, 0.1) is 4.90 Å². The lowest BCUT2D eigenvalue weighted by Gasteiger charge is -2.09. The van der Waals surface area contributed by atoms with Crippen molar-refractivity contribution < 1.29 is 18.0 Å². The predicted molar refractivity (Wildman–Crippen MR) is 118 cm³/mol. The van der Waals surface area contributed by atoms with Crippen molar-refractivity contribution in [2.24, 2.45) is 10.3 Å². The molecule has 3 N–H and O–H groups in total. The van der Waals surface area contributed by atoms with Crippen LogP contribution in [0, 0.1) is 0 Å². The quantitative estimate of drug-likeness (QED) is 0.396. The van der Waals surface area contributed by atoms with Crippen molar-refractivity contribution in [1.82, 2.24) is 5.32 Å². The number of hydrogen-bond donors (Lipinski definition) is 2. The molecule has 0 aliphatic carbocycles. The van der Waals surface area contributed by atoms with E-state index in [1.54, 1.807) is 12.1 Å². The van der Waals surface area contributed by atoms with Crippen molar-refractivity contribution in [3.63, 3.8) is 0 Å². The van der Waals surface area contributed by atoms with Gasteiger partial charge in [-0.05, 0) is 28.8 Å². The lowest BCUT2D eigenvalue weighted by Crippen LogP contribution is -2.32. The summed E-state index contributed by atoms with van der Waals surface area (Å²) in [6.07, 6.45) is 0.311. The fraction of sp³-hybridized carbons (Fsp3) is 0.130. The Labute approximate surface area is 181 Å². The summed E-state index contributed by atoms with van der Waals surface area (Å²) in [5.74, 6) is -0.368. The van der Waals surface area contributed by atoms with E-state index in [1.807, 2.05) is 60.7 Å². The molecule has 3 rings (SSSR count). The van der Waals surface area contributed by atoms with Crippen molar-refractivity contribution in [1.29, 1.82) is 0 Å². The second-order valence-electron chi connectivity index (χ2n) is 6.83. The third-order valence-corrected chi connectivity index (χ3v) is 5.36. The molecule has 0 aliphatic heterocycles. The highest BCUT2D eigenvalue weighted by Gasteiger charge is 2.14. The van der Waals surface area contributed by atoms with Crippen LogP contribution < -0.4 is 10.5 Å². The number of rotatable bonds is 9. The number of amides is 1. The van der Waals surface area contributed by atoms with Crippen LogP contribution in [0.3, 0.4) is 0 Å². The van der Waals surface area contributed by atoms with Gasteiger partial charge < -0.3 is 10.2 Å². The Morgan fingerprint density at radius 1 is 0.839 bits per heavy atom. The number of primary sulfonamides is 1. The Kier molecular flexibility index (Phi) is 7.53. The highest BCUT2D eigenvalue weighted by molar-refractivity contribution is 7.89. The van der Waals surface area contributed by atoms with Crippen LogP contribution >= 0.6 is 0 Å². The number of nitrogens with one attached hydrogen (secondary N) is 1. The van der Waals surface area contributed by atoms with Crippen LogP contribution in [-0.4, -0.2) is 20.0 Å². The molecule has 0 aromatic heterocycles. The summed E-state index contributed by atoms with van der Waals surface area (Å²) in [4.78, 5) is 18.2. The third-order valence-electron chi connectivity index (χ3n) is 4.43. The number of oxime groups is 1. The van der Waals surface area contributed by atoms with Crippen LogP contribution in [0.1, 0.15) is 16.7 Å². The Balaban J connectivity index is 1.66. The molecule has 0 fully saturated rings. The summed E-state index contributed by atoms with van der Waals surface area (Å²) in [5, 5.41) is 12.0. The molecule has 0 radical (unpaired) electrons. The van der Waals surface area contributed by atoms with Crippen LogP contribution in [0.25, 0.3) is 0 Å². The van der Waals surface area contributed by atoms with Crippen LogP contribution in [0.2, 0.25) is 0 Å². The fourth-order valence-electron chi connectivity index (χ4n) is 2.78. The Morgan fingerprint density at radius 3 is 2.00 bits per heavy atom. The predicted octanol–water partition coefficient (Wildman–Crippen LogP) is 2.77. The number of carbonyl (C=O) groups excluding carboxylic acids is 1. The minimum Gasteiger partial charge on any atom is -0.391 e. The van der Waals surface area contributed by atoms with Gasteiger partial charge in [-0.2, -0.15) is 0 Å². The van der Waals surface area contributed by atoms with Crippen LogP contribution in [-0.2, 0) is 39.2 Å². The fourth-order valence-corrected chi connectivity index (χ4v) is 3.30. The van der Waals surface area contributed by atoms with E-state index >= 15 is 0 Å². The molecule has 0 atom stereocenters. The van der Waals surface area contributed by atoms with E-state index in [0.29, 0.717) is 6.42 Å². The van der Waals surface area contributed by atoms with Gasteiger partial charge in [0, 0.05) is 13.0 Å². The summed E-state index contributed by atoms with van der Waals surface area (Å²) in [6.45, 7) is 0.456. The molecule has 0 saturated heterocycles. The number of carbonyl (C=O) groups is 1. The second-order valence-corrected chi connectivity index (χ2v) is 8.39. The van der Waals surface area contributed by atoms with E-state index in [1.165, 1.54) is 12.1 Å². The molecule has 0 spiro atoms.